The van der Waals surface area contributed by atoms with Crippen molar-refractivity contribution in [3.8, 4) is 5.75 Å². The van der Waals surface area contributed by atoms with Gasteiger partial charge in [-0.1, -0.05) is 63.1 Å². The molecule has 0 heterocycles. The van der Waals surface area contributed by atoms with Gasteiger partial charge in [-0.3, -0.25) is 0 Å². The number of ether oxygens (including phenoxy) is 1. The lowest BCUT2D eigenvalue weighted by Gasteiger charge is -2.52. The highest BCUT2D eigenvalue weighted by molar-refractivity contribution is 5.92. The van der Waals surface area contributed by atoms with Gasteiger partial charge < -0.3 is 9.75 Å². The molecule has 5 rings (SSSR count). The summed E-state index contributed by atoms with van der Waals surface area (Å²) in [5, 5.41) is 7.00. The molecule has 3 nitrogen and oxygen atoms in total. The minimum Gasteiger partial charge on any atom is -0.489 e. The predicted octanol–water partition coefficient (Wildman–Crippen LogP) is 7.07. The Hall–Kier alpha value is -2.29. The molecule has 2 fully saturated rings. The molecule has 2 aromatic rings. The molecular formula is C30H40N2O. The zero-order chi connectivity index (χ0) is 23.0. The Morgan fingerprint density at radius 1 is 1.09 bits per heavy atom. The standard InChI is InChI=1S/C30H40N2O/c1-5-9-22-18-23-19-24(33-20-21-10-7-6-8-11-21)12-13-25(23)26-16-17-30(2)27(29(22)26)14-15-28(30)31-32(3)4/h6-8,10-13,19,22,26-27,29H,5,9,14-18,20H2,1-4H3/t22-,26?,27?,29?,30+/m1/s1. The summed E-state index contributed by atoms with van der Waals surface area (Å²) in [6.45, 7) is 5.53. The van der Waals surface area contributed by atoms with Crippen LogP contribution in [0.15, 0.2) is 53.6 Å². The SMILES string of the molecule is CCC[C@@H]1Cc2cc(OCc3ccccc3)ccc2C2CC[C@]3(C)C(=NN(C)C)CCC3C21. The number of hydrogen-bond acceptors (Lipinski definition) is 3. The monoisotopic (exact) mass is 444 g/mol. The van der Waals surface area contributed by atoms with Crippen LogP contribution in [-0.2, 0) is 13.0 Å². The fourth-order valence-corrected chi connectivity index (χ4v) is 7.45. The number of rotatable bonds is 6. The van der Waals surface area contributed by atoms with Gasteiger partial charge in [-0.25, -0.2) is 0 Å². The van der Waals surface area contributed by atoms with Gasteiger partial charge in [0.15, 0.2) is 0 Å². The lowest BCUT2D eigenvalue weighted by Crippen LogP contribution is -2.46. The second-order valence-electron chi connectivity index (χ2n) is 11.1. The largest absolute Gasteiger partial charge is 0.489 e. The number of nitrogens with zero attached hydrogens (tertiary/aromatic N) is 2. The minimum absolute atomic E-state index is 0.285. The van der Waals surface area contributed by atoms with Crippen LogP contribution in [0.3, 0.4) is 0 Å². The number of benzene rings is 2. The third-order valence-electron chi connectivity index (χ3n) is 8.84. The van der Waals surface area contributed by atoms with Crippen molar-refractivity contribution in [3.05, 3.63) is 65.2 Å². The van der Waals surface area contributed by atoms with E-state index in [0.717, 1.165) is 23.5 Å². The molecule has 33 heavy (non-hydrogen) atoms. The van der Waals surface area contributed by atoms with Crippen molar-refractivity contribution in [3.63, 3.8) is 0 Å². The Labute approximate surface area is 200 Å². The van der Waals surface area contributed by atoms with E-state index in [4.69, 9.17) is 9.84 Å². The molecule has 0 aliphatic heterocycles. The molecule has 3 heteroatoms. The molecule has 3 unspecified atom stereocenters. The smallest absolute Gasteiger partial charge is 0.120 e. The van der Waals surface area contributed by atoms with E-state index in [-0.39, 0.29) is 5.41 Å². The van der Waals surface area contributed by atoms with Crippen LogP contribution in [0.1, 0.15) is 75.0 Å². The van der Waals surface area contributed by atoms with Crippen molar-refractivity contribution in [1.82, 2.24) is 5.01 Å². The Bertz CT molecular complexity index is 998. The van der Waals surface area contributed by atoms with E-state index in [0.29, 0.717) is 12.5 Å². The summed E-state index contributed by atoms with van der Waals surface area (Å²) in [4.78, 5) is 0. The van der Waals surface area contributed by atoms with Gasteiger partial charge in [0.05, 0.1) is 0 Å². The highest BCUT2D eigenvalue weighted by Gasteiger charge is 2.55. The highest BCUT2D eigenvalue weighted by Crippen LogP contribution is 2.62. The van der Waals surface area contributed by atoms with Gasteiger partial charge in [-0.05, 0) is 84.6 Å². The second kappa shape index (κ2) is 9.16. The van der Waals surface area contributed by atoms with Crippen LogP contribution in [0.2, 0.25) is 0 Å². The van der Waals surface area contributed by atoms with E-state index in [9.17, 15) is 0 Å². The van der Waals surface area contributed by atoms with Crippen LogP contribution < -0.4 is 4.74 Å². The lowest BCUT2D eigenvalue weighted by molar-refractivity contribution is 0.0497. The fraction of sp³-hybridized carbons (Fsp3) is 0.567. The summed E-state index contributed by atoms with van der Waals surface area (Å²) in [6, 6.07) is 17.5. The molecule has 0 saturated heterocycles. The van der Waals surface area contributed by atoms with E-state index in [2.05, 4.69) is 76.5 Å². The average Bonchev–Trinajstić information content (AvgIpc) is 3.13. The maximum atomic E-state index is 6.21. The van der Waals surface area contributed by atoms with Crippen molar-refractivity contribution >= 4 is 5.71 Å². The van der Waals surface area contributed by atoms with Crippen LogP contribution in [-0.4, -0.2) is 24.8 Å². The van der Waals surface area contributed by atoms with Crippen molar-refractivity contribution in [2.45, 2.75) is 71.3 Å². The van der Waals surface area contributed by atoms with Crippen LogP contribution in [0.25, 0.3) is 0 Å². The molecule has 0 amide bonds. The number of hydrogen-bond donors (Lipinski definition) is 0. The van der Waals surface area contributed by atoms with Gasteiger partial charge in [0.25, 0.3) is 0 Å². The van der Waals surface area contributed by atoms with Crippen molar-refractivity contribution in [1.29, 1.82) is 0 Å². The molecule has 3 aliphatic carbocycles. The zero-order valence-corrected chi connectivity index (χ0v) is 20.9. The third-order valence-corrected chi connectivity index (χ3v) is 8.84. The molecule has 5 atom stereocenters. The summed E-state index contributed by atoms with van der Waals surface area (Å²) in [7, 11) is 4.15. The summed E-state index contributed by atoms with van der Waals surface area (Å²) < 4.78 is 6.21. The summed E-state index contributed by atoms with van der Waals surface area (Å²) in [5.74, 6) is 4.06. The molecule has 0 N–H and O–H groups in total. The van der Waals surface area contributed by atoms with Crippen molar-refractivity contribution in [2.24, 2.45) is 28.3 Å². The van der Waals surface area contributed by atoms with Crippen molar-refractivity contribution in [2.75, 3.05) is 14.1 Å². The molecule has 0 aromatic heterocycles. The maximum Gasteiger partial charge on any atom is 0.120 e. The lowest BCUT2D eigenvalue weighted by atomic mass is 9.52. The Kier molecular flexibility index (Phi) is 6.24. The van der Waals surface area contributed by atoms with Gasteiger partial charge in [-0.2, -0.15) is 5.10 Å². The Morgan fingerprint density at radius 3 is 2.67 bits per heavy atom. The van der Waals surface area contributed by atoms with E-state index in [1.165, 1.54) is 56.2 Å². The zero-order valence-electron chi connectivity index (χ0n) is 20.9. The van der Waals surface area contributed by atoms with Gasteiger partial charge >= 0.3 is 0 Å². The molecular weight excluding hydrogens is 404 g/mol. The summed E-state index contributed by atoms with van der Waals surface area (Å²) in [6.07, 6.45) is 8.88. The van der Waals surface area contributed by atoms with E-state index in [1.54, 1.807) is 11.1 Å². The minimum atomic E-state index is 0.285. The normalized spacial score (nSPS) is 31.6. The summed E-state index contributed by atoms with van der Waals surface area (Å²) in [5.41, 5.74) is 6.13. The van der Waals surface area contributed by atoms with E-state index in [1.807, 2.05) is 5.01 Å². The van der Waals surface area contributed by atoms with E-state index >= 15 is 0 Å². The predicted molar refractivity (Wildman–Crippen MR) is 137 cm³/mol. The summed E-state index contributed by atoms with van der Waals surface area (Å²) >= 11 is 0. The molecule has 0 spiro atoms. The first-order chi connectivity index (χ1) is 16.0. The average molecular weight is 445 g/mol. The third kappa shape index (κ3) is 4.20. The maximum absolute atomic E-state index is 6.21. The first-order valence-electron chi connectivity index (χ1n) is 13.0. The van der Waals surface area contributed by atoms with Crippen LogP contribution in [0.5, 0.6) is 5.75 Å². The molecule has 0 radical (unpaired) electrons. The highest BCUT2D eigenvalue weighted by atomic mass is 16.5. The van der Waals surface area contributed by atoms with Gasteiger partial charge in [-0.15, -0.1) is 0 Å². The molecule has 2 aromatic carbocycles. The van der Waals surface area contributed by atoms with Gasteiger partial charge in [0.2, 0.25) is 0 Å². The first kappa shape index (κ1) is 22.5. The topological polar surface area (TPSA) is 24.8 Å². The quantitative estimate of drug-likeness (QED) is 0.445. The number of fused-ring (bicyclic) bond motifs is 5. The molecule has 0 bridgehead atoms. The van der Waals surface area contributed by atoms with Crippen LogP contribution in [0.4, 0.5) is 0 Å². The Morgan fingerprint density at radius 2 is 1.91 bits per heavy atom. The van der Waals surface area contributed by atoms with Gasteiger partial charge in [0.1, 0.15) is 12.4 Å². The second-order valence-corrected chi connectivity index (χ2v) is 11.1. The molecule has 176 valence electrons. The first-order valence-corrected chi connectivity index (χ1v) is 13.0. The van der Waals surface area contributed by atoms with Gasteiger partial charge in [0, 0.05) is 25.2 Å². The van der Waals surface area contributed by atoms with E-state index < -0.39 is 0 Å². The number of hydrazone groups is 1. The van der Waals surface area contributed by atoms with Crippen LogP contribution >= 0.6 is 0 Å². The fourth-order valence-electron chi connectivity index (χ4n) is 7.45. The molecule has 2 saturated carbocycles. The molecule has 3 aliphatic rings. The van der Waals surface area contributed by atoms with Crippen molar-refractivity contribution < 1.29 is 4.74 Å². The Balaban J connectivity index is 1.42. The van der Waals surface area contributed by atoms with Crippen LogP contribution in [0, 0.1) is 23.2 Å².